The summed E-state index contributed by atoms with van der Waals surface area (Å²) in [6.07, 6.45) is 3.08. The van der Waals surface area contributed by atoms with Gasteiger partial charge in [-0.15, -0.1) is 34.2 Å². The highest BCUT2D eigenvalue weighted by Crippen LogP contribution is 2.24. The van der Waals surface area contributed by atoms with Crippen molar-refractivity contribution >= 4 is 35.6 Å². The van der Waals surface area contributed by atoms with Gasteiger partial charge >= 0.3 is 0 Å². The van der Waals surface area contributed by atoms with Crippen LogP contribution in [0.4, 0.5) is 0 Å². The predicted molar refractivity (Wildman–Crippen MR) is 131 cm³/mol. The van der Waals surface area contributed by atoms with E-state index in [1.54, 1.807) is 7.05 Å². The highest BCUT2D eigenvalue weighted by atomic mass is 127. The standard InChI is InChI=1S/C22H29N7.HI/c1-22(2,28-13-11-17-8-4-5-9-18(17)15-28)16-25-21(23-3)24-14-20-27-26-19-10-6-7-12-29(19)20;/h4-10,12H,11,13-16H2,1-3H3,(H2,23,24,25);1H. The summed E-state index contributed by atoms with van der Waals surface area (Å²) >= 11 is 0. The second-order valence-electron chi connectivity index (χ2n) is 8.08. The van der Waals surface area contributed by atoms with E-state index >= 15 is 0 Å². The molecule has 0 spiro atoms. The van der Waals surface area contributed by atoms with E-state index < -0.39 is 0 Å². The van der Waals surface area contributed by atoms with E-state index in [0.29, 0.717) is 6.54 Å². The summed E-state index contributed by atoms with van der Waals surface area (Å²) in [5.41, 5.74) is 3.77. The molecule has 3 aromatic rings. The molecule has 2 N–H and O–H groups in total. The fourth-order valence-corrected chi connectivity index (χ4v) is 3.82. The highest BCUT2D eigenvalue weighted by Gasteiger charge is 2.29. The Morgan fingerprint density at radius 2 is 1.83 bits per heavy atom. The molecule has 0 fully saturated rings. The van der Waals surface area contributed by atoms with Gasteiger partial charge in [-0.2, -0.15) is 0 Å². The smallest absolute Gasteiger partial charge is 0.191 e. The lowest BCUT2D eigenvalue weighted by Gasteiger charge is -2.42. The van der Waals surface area contributed by atoms with Crippen LogP contribution >= 0.6 is 24.0 Å². The third-order valence-electron chi connectivity index (χ3n) is 5.70. The molecule has 0 radical (unpaired) electrons. The SMILES string of the molecule is CN=C(NCc1nnc2ccccn12)NCC(C)(C)N1CCc2ccccc2C1.I. The molecule has 1 aliphatic rings. The fraction of sp³-hybridized carbons (Fsp3) is 0.409. The number of fused-ring (bicyclic) bond motifs is 2. The minimum atomic E-state index is 0. The van der Waals surface area contributed by atoms with Crippen molar-refractivity contribution in [1.29, 1.82) is 0 Å². The number of halogens is 1. The Bertz CT molecular complexity index is 1010. The lowest BCUT2D eigenvalue weighted by molar-refractivity contribution is 0.107. The Hall–Kier alpha value is -2.20. The van der Waals surface area contributed by atoms with Crippen LogP contribution in [0.25, 0.3) is 5.65 Å². The molecule has 0 saturated heterocycles. The van der Waals surface area contributed by atoms with Gasteiger partial charge < -0.3 is 10.6 Å². The molecule has 0 saturated carbocycles. The van der Waals surface area contributed by atoms with Crippen molar-refractivity contribution < 1.29 is 0 Å². The van der Waals surface area contributed by atoms with Crippen LogP contribution in [0.1, 0.15) is 30.8 Å². The first-order chi connectivity index (χ1) is 14.1. The van der Waals surface area contributed by atoms with Gasteiger partial charge in [0.05, 0.1) is 6.54 Å². The van der Waals surface area contributed by atoms with Gasteiger partial charge in [-0.3, -0.25) is 14.3 Å². The molecule has 8 heteroatoms. The number of nitrogens with one attached hydrogen (secondary N) is 2. The van der Waals surface area contributed by atoms with Crippen molar-refractivity contribution in [2.75, 3.05) is 20.1 Å². The molecule has 0 bridgehead atoms. The average molecular weight is 519 g/mol. The van der Waals surface area contributed by atoms with Crippen molar-refractivity contribution in [1.82, 2.24) is 30.1 Å². The summed E-state index contributed by atoms with van der Waals surface area (Å²) in [4.78, 5) is 6.91. The summed E-state index contributed by atoms with van der Waals surface area (Å²) in [5, 5.41) is 15.3. The van der Waals surface area contributed by atoms with Crippen molar-refractivity contribution in [3.05, 3.63) is 65.6 Å². The molecule has 30 heavy (non-hydrogen) atoms. The number of rotatable bonds is 5. The first kappa shape index (κ1) is 22.5. The van der Waals surface area contributed by atoms with Gasteiger partial charge in [0, 0.05) is 38.4 Å². The van der Waals surface area contributed by atoms with Crippen LogP contribution in [0.3, 0.4) is 0 Å². The third kappa shape index (κ3) is 4.92. The van der Waals surface area contributed by atoms with Gasteiger partial charge in [0.2, 0.25) is 0 Å². The molecule has 4 rings (SSSR count). The van der Waals surface area contributed by atoms with Crippen molar-refractivity contribution in [3.63, 3.8) is 0 Å². The number of nitrogens with zero attached hydrogens (tertiary/aromatic N) is 5. The number of hydrogen-bond donors (Lipinski definition) is 2. The second-order valence-corrected chi connectivity index (χ2v) is 8.08. The summed E-state index contributed by atoms with van der Waals surface area (Å²) in [6.45, 7) is 7.99. The number of guanidine groups is 1. The lowest BCUT2D eigenvalue weighted by atomic mass is 9.94. The normalized spacial score (nSPS) is 14.8. The Balaban J connectivity index is 0.00000256. The number of aliphatic imine (C=N–C) groups is 1. The Labute approximate surface area is 195 Å². The zero-order valence-electron chi connectivity index (χ0n) is 17.8. The van der Waals surface area contributed by atoms with Crippen LogP contribution in [-0.2, 0) is 19.5 Å². The van der Waals surface area contributed by atoms with Crippen LogP contribution in [0.5, 0.6) is 0 Å². The van der Waals surface area contributed by atoms with Gasteiger partial charge in [0.25, 0.3) is 0 Å². The van der Waals surface area contributed by atoms with E-state index in [1.165, 1.54) is 11.1 Å². The maximum atomic E-state index is 4.37. The van der Waals surface area contributed by atoms with Crippen LogP contribution in [0, 0.1) is 0 Å². The van der Waals surface area contributed by atoms with E-state index in [1.807, 2.05) is 28.8 Å². The topological polar surface area (TPSA) is 69.8 Å². The summed E-state index contributed by atoms with van der Waals surface area (Å²) in [5.74, 6) is 1.62. The highest BCUT2D eigenvalue weighted by molar-refractivity contribution is 14.0. The average Bonchev–Trinajstić information content (AvgIpc) is 3.16. The molecule has 1 aliphatic heterocycles. The van der Waals surface area contributed by atoms with Crippen molar-refractivity contribution in [3.8, 4) is 0 Å². The maximum Gasteiger partial charge on any atom is 0.191 e. The van der Waals surface area contributed by atoms with Crippen LogP contribution in [-0.4, -0.2) is 51.1 Å². The molecular weight excluding hydrogens is 489 g/mol. The van der Waals surface area contributed by atoms with Gasteiger partial charge in [0.15, 0.2) is 17.4 Å². The number of hydrogen-bond acceptors (Lipinski definition) is 4. The molecule has 2 aromatic heterocycles. The number of pyridine rings is 1. The van der Waals surface area contributed by atoms with Crippen LogP contribution in [0.2, 0.25) is 0 Å². The lowest BCUT2D eigenvalue weighted by Crippen LogP contribution is -2.54. The molecular formula is C22H30IN7. The molecule has 160 valence electrons. The minimum absolute atomic E-state index is 0. The molecule has 0 atom stereocenters. The zero-order chi connectivity index (χ0) is 20.3. The monoisotopic (exact) mass is 519 g/mol. The largest absolute Gasteiger partial charge is 0.355 e. The molecule has 1 aromatic carbocycles. The Kier molecular flexibility index (Phi) is 7.30. The van der Waals surface area contributed by atoms with Crippen molar-refractivity contribution in [2.24, 2.45) is 4.99 Å². The first-order valence-corrected chi connectivity index (χ1v) is 10.1. The number of benzene rings is 1. The molecule has 7 nitrogen and oxygen atoms in total. The first-order valence-electron chi connectivity index (χ1n) is 10.1. The quantitative estimate of drug-likeness (QED) is 0.308. The van der Waals surface area contributed by atoms with Gasteiger partial charge in [0.1, 0.15) is 0 Å². The van der Waals surface area contributed by atoms with Gasteiger partial charge in [-0.25, -0.2) is 0 Å². The summed E-state index contributed by atoms with van der Waals surface area (Å²) in [6, 6.07) is 14.6. The second kappa shape index (κ2) is 9.74. The van der Waals surface area contributed by atoms with E-state index in [4.69, 9.17) is 0 Å². The van der Waals surface area contributed by atoms with E-state index in [0.717, 1.165) is 43.5 Å². The van der Waals surface area contributed by atoms with Gasteiger partial charge in [-0.05, 0) is 43.5 Å². The van der Waals surface area contributed by atoms with Crippen molar-refractivity contribution in [2.45, 2.75) is 38.9 Å². The predicted octanol–water partition coefficient (Wildman–Crippen LogP) is 2.85. The number of aromatic nitrogens is 3. The summed E-state index contributed by atoms with van der Waals surface area (Å²) in [7, 11) is 1.79. The molecule has 3 heterocycles. The fourth-order valence-electron chi connectivity index (χ4n) is 3.82. The molecule has 0 aliphatic carbocycles. The molecule has 0 unspecified atom stereocenters. The summed E-state index contributed by atoms with van der Waals surface area (Å²) < 4.78 is 1.98. The van der Waals surface area contributed by atoms with Crippen LogP contribution in [0.15, 0.2) is 53.7 Å². The van der Waals surface area contributed by atoms with Gasteiger partial charge in [-0.1, -0.05) is 30.3 Å². The maximum absolute atomic E-state index is 4.37. The Morgan fingerprint density at radius 1 is 1.07 bits per heavy atom. The minimum Gasteiger partial charge on any atom is -0.355 e. The van der Waals surface area contributed by atoms with E-state index in [9.17, 15) is 0 Å². The molecule has 0 amide bonds. The van der Waals surface area contributed by atoms with E-state index in [2.05, 4.69) is 68.8 Å². The Morgan fingerprint density at radius 3 is 2.63 bits per heavy atom. The zero-order valence-corrected chi connectivity index (χ0v) is 20.1. The third-order valence-corrected chi connectivity index (χ3v) is 5.70. The van der Waals surface area contributed by atoms with Crippen LogP contribution < -0.4 is 10.6 Å². The van der Waals surface area contributed by atoms with E-state index in [-0.39, 0.29) is 29.5 Å².